The second-order valence-corrected chi connectivity index (χ2v) is 5.37. The summed E-state index contributed by atoms with van der Waals surface area (Å²) < 4.78 is 6.88. The van der Waals surface area contributed by atoms with Crippen LogP contribution in [0, 0.1) is 0 Å². The molecule has 2 unspecified atom stereocenters. The summed E-state index contributed by atoms with van der Waals surface area (Å²) >= 11 is 0. The molecule has 0 fully saturated rings. The molecule has 0 aliphatic carbocycles. The molecule has 112 valence electrons. The van der Waals surface area contributed by atoms with Crippen LogP contribution in [0.3, 0.4) is 0 Å². The van der Waals surface area contributed by atoms with Gasteiger partial charge in [-0.1, -0.05) is 30.4 Å². The molecule has 2 aromatic rings. The minimum Gasteiger partial charge on any atom is -0.494 e. The molecule has 2 aliphatic rings. The van der Waals surface area contributed by atoms with Gasteiger partial charge in [-0.15, -0.1) is 0 Å². The van der Waals surface area contributed by atoms with E-state index in [2.05, 4.69) is 0 Å². The van der Waals surface area contributed by atoms with Crippen molar-refractivity contribution >= 4 is 5.97 Å². The van der Waals surface area contributed by atoms with Gasteiger partial charge >= 0.3 is 5.97 Å². The maximum Gasteiger partial charge on any atom is 0.307 e. The van der Waals surface area contributed by atoms with E-state index in [0.29, 0.717) is 22.4 Å². The van der Waals surface area contributed by atoms with Crippen molar-refractivity contribution in [2.45, 2.75) is 18.6 Å². The zero-order valence-corrected chi connectivity index (χ0v) is 11.4. The summed E-state index contributed by atoms with van der Waals surface area (Å²) in [6, 6.07) is 6.79. The second kappa shape index (κ2) is 4.38. The predicted octanol–water partition coefficient (Wildman–Crippen LogP) is 2.20. The highest BCUT2D eigenvalue weighted by atomic mass is 16.5. The predicted molar refractivity (Wildman–Crippen MR) is 76.1 cm³/mol. The van der Waals surface area contributed by atoms with Gasteiger partial charge < -0.3 is 20.1 Å². The molecular weight excluding hydrogens is 286 g/mol. The molecule has 1 aromatic heterocycles. The Morgan fingerprint density at radius 1 is 1.09 bits per heavy atom. The number of aromatic nitrogens is 1. The van der Waals surface area contributed by atoms with E-state index in [9.17, 15) is 15.0 Å². The van der Waals surface area contributed by atoms with Crippen LogP contribution in [0.25, 0.3) is 5.69 Å². The van der Waals surface area contributed by atoms with Crippen LogP contribution >= 0.6 is 0 Å². The Balaban J connectivity index is 1.91. The van der Waals surface area contributed by atoms with Crippen LogP contribution in [-0.4, -0.2) is 25.9 Å². The summed E-state index contributed by atoms with van der Waals surface area (Å²) in [5.41, 5.74) is 2.06. The summed E-state index contributed by atoms with van der Waals surface area (Å²) in [5.74, 6) is -1.19. The van der Waals surface area contributed by atoms with Crippen LogP contribution in [-0.2, 0) is 16.0 Å². The van der Waals surface area contributed by atoms with E-state index < -0.39 is 5.97 Å². The van der Waals surface area contributed by atoms with Gasteiger partial charge in [0.1, 0.15) is 12.2 Å². The number of hydrogen-bond donors (Lipinski definition) is 3. The van der Waals surface area contributed by atoms with Gasteiger partial charge in [-0.25, -0.2) is 0 Å². The molecule has 22 heavy (non-hydrogen) atoms. The third-order valence-electron chi connectivity index (χ3n) is 4.09. The van der Waals surface area contributed by atoms with Gasteiger partial charge in [-0.3, -0.25) is 9.36 Å². The molecule has 6 nitrogen and oxygen atoms in total. The Morgan fingerprint density at radius 3 is 2.27 bits per heavy atom. The number of para-hydroxylation sites is 1. The minimum absolute atomic E-state index is 0.109. The maximum absolute atomic E-state index is 11.0. The lowest BCUT2D eigenvalue weighted by Gasteiger charge is -2.13. The van der Waals surface area contributed by atoms with Gasteiger partial charge in [0.25, 0.3) is 0 Å². The van der Waals surface area contributed by atoms with Crippen LogP contribution in [0.2, 0.25) is 0 Å². The quantitative estimate of drug-likeness (QED) is 0.756. The van der Waals surface area contributed by atoms with E-state index in [0.717, 1.165) is 0 Å². The van der Waals surface area contributed by atoms with E-state index >= 15 is 0 Å². The minimum atomic E-state index is -0.976. The molecular formula is C16H13NO5. The molecule has 3 heterocycles. The number of aliphatic carboxylic acids is 1. The van der Waals surface area contributed by atoms with Crippen molar-refractivity contribution in [3.63, 3.8) is 0 Å². The summed E-state index contributed by atoms with van der Waals surface area (Å²) in [4.78, 5) is 11.0. The van der Waals surface area contributed by atoms with Gasteiger partial charge in [0.2, 0.25) is 11.8 Å². The molecule has 2 bridgehead atoms. The lowest BCUT2D eigenvalue weighted by molar-refractivity contribution is -0.136. The molecule has 0 saturated heterocycles. The Morgan fingerprint density at radius 2 is 1.68 bits per heavy atom. The van der Waals surface area contributed by atoms with Gasteiger partial charge in [-0.2, -0.15) is 0 Å². The second-order valence-electron chi connectivity index (χ2n) is 5.37. The molecule has 0 spiro atoms. The highest BCUT2D eigenvalue weighted by Crippen LogP contribution is 2.55. The number of ether oxygens (including phenoxy) is 1. The standard InChI is InChI=1S/C16H13NO5/c18-12(19)7-8-3-1-2-4-9(8)17-15(20)13-10-5-6-11(22-10)14(13)16(17)21/h1-6,10-11,20-21H,7H2,(H,18,19). The normalized spacial score (nSPS) is 21.3. The molecule has 2 aliphatic heterocycles. The lowest BCUT2D eigenvalue weighted by Crippen LogP contribution is -2.06. The lowest BCUT2D eigenvalue weighted by atomic mass is 10.0. The first-order valence-electron chi connectivity index (χ1n) is 6.88. The number of rotatable bonds is 3. The average Bonchev–Trinajstić information content (AvgIpc) is 3.14. The first-order chi connectivity index (χ1) is 10.6. The fourth-order valence-electron chi connectivity index (χ4n) is 3.19. The smallest absolute Gasteiger partial charge is 0.307 e. The SMILES string of the molecule is O=C(O)Cc1ccccc1-n1c(O)c2c(c1O)C1C=CC2O1. The van der Waals surface area contributed by atoms with Gasteiger partial charge in [0.05, 0.1) is 23.2 Å². The van der Waals surface area contributed by atoms with Gasteiger partial charge in [0, 0.05) is 0 Å². The van der Waals surface area contributed by atoms with Crippen molar-refractivity contribution in [2.24, 2.45) is 0 Å². The number of carboxylic acid groups (broad SMARTS) is 1. The van der Waals surface area contributed by atoms with E-state index in [1.807, 2.05) is 12.2 Å². The van der Waals surface area contributed by atoms with E-state index in [1.54, 1.807) is 24.3 Å². The van der Waals surface area contributed by atoms with Gasteiger partial charge in [-0.05, 0) is 11.6 Å². The molecule has 3 N–H and O–H groups in total. The van der Waals surface area contributed by atoms with Crippen LogP contribution in [0.5, 0.6) is 11.8 Å². The molecule has 1 aromatic carbocycles. The van der Waals surface area contributed by atoms with Crippen molar-refractivity contribution < 1.29 is 24.9 Å². The number of benzene rings is 1. The fraction of sp³-hybridized carbons (Fsp3) is 0.188. The first kappa shape index (κ1) is 13.0. The summed E-state index contributed by atoms with van der Waals surface area (Å²) in [5, 5.41) is 30.0. The van der Waals surface area contributed by atoms with Crippen molar-refractivity contribution in [1.82, 2.24) is 4.57 Å². The molecule has 0 amide bonds. The Hall–Kier alpha value is -2.73. The highest BCUT2D eigenvalue weighted by Gasteiger charge is 2.42. The largest absolute Gasteiger partial charge is 0.494 e. The Labute approximate surface area is 125 Å². The van der Waals surface area contributed by atoms with E-state index in [-0.39, 0.29) is 30.4 Å². The molecule has 6 heteroatoms. The van der Waals surface area contributed by atoms with Gasteiger partial charge in [0.15, 0.2) is 0 Å². The average molecular weight is 299 g/mol. The summed E-state index contributed by atoms with van der Waals surface area (Å²) in [7, 11) is 0. The molecule has 4 rings (SSSR count). The van der Waals surface area contributed by atoms with E-state index in [4.69, 9.17) is 9.84 Å². The molecule has 0 radical (unpaired) electrons. The van der Waals surface area contributed by atoms with Crippen molar-refractivity contribution in [3.05, 3.63) is 53.1 Å². The Kier molecular flexibility index (Phi) is 2.58. The van der Waals surface area contributed by atoms with Crippen LogP contribution < -0.4 is 0 Å². The first-order valence-corrected chi connectivity index (χ1v) is 6.88. The maximum atomic E-state index is 11.0. The monoisotopic (exact) mass is 299 g/mol. The summed E-state index contributed by atoms with van der Waals surface area (Å²) in [6.07, 6.45) is 2.75. The van der Waals surface area contributed by atoms with Crippen LogP contribution in [0.4, 0.5) is 0 Å². The summed E-state index contributed by atoms with van der Waals surface area (Å²) in [6.45, 7) is 0. The topological polar surface area (TPSA) is 91.9 Å². The van der Waals surface area contributed by atoms with Crippen LogP contribution in [0.15, 0.2) is 36.4 Å². The van der Waals surface area contributed by atoms with E-state index in [1.165, 1.54) is 4.57 Å². The number of carbonyl (C=O) groups is 1. The molecule has 2 atom stereocenters. The van der Waals surface area contributed by atoms with Crippen molar-refractivity contribution in [1.29, 1.82) is 0 Å². The number of hydrogen-bond acceptors (Lipinski definition) is 4. The number of carboxylic acids is 1. The fourth-order valence-corrected chi connectivity index (χ4v) is 3.19. The Bertz CT molecular complexity index is 785. The number of nitrogens with zero attached hydrogens (tertiary/aromatic N) is 1. The highest BCUT2D eigenvalue weighted by molar-refractivity contribution is 5.72. The third-order valence-corrected chi connectivity index (χ3v) is 4.09. The third kappa shape index (κ3) is 1.61. The number of fused-ring (bicyclic) bond motifs is 5. The molecule has 0 saturated carbocycles. The van der Waals surface area contributed by atoms with Crippen LogP contribution in [0.1, 0.15) is 28.9 Å². The zero-order valence-electron chi connectivity index (χ0n) is 11.4. The van der Waals surface area contributed by atoms with Crippen molar-refractivity contribution in [3.8, 4) is 17.4 Å². The zero-order chi connectivity index (χ0) is 15.4. The van der Waals surface area contributed by atoms with Crippen molar-refractivity contribution in [2.75, 3.05) is 0 Å². The number of aromatic hydroxyl groups is 2.